The number of methoxy groups -OCH3 is 1. The van der Waals surface area contributed by atoms with Gasteiger partial charge in [-0.2, -0.15) is 0 Å². The largest absolute Gasteiger partial charge is 0.496 e. The van der Waals surface area contributed by atoms with Crippen LogP contribution in [0.5, 0.6) is 5.75 Å². The fraction of sp³-hybridized carbons (Fsp3) is 0.684. The predicted octanol–water partition coefficient (Wildman–Crippen LogP) is 4.32. The van der Waals surface area contributed by atoms with Crippen LogP contribution in [0.1, 0.15) is 55.6 Å². The number of fused-ring (bicyclic) bond motifs is 1. The third-order valence-corrected chi connectivity index (χ3v) is 5.61. The van der Waals surface area contributed by atoms with Gasteiger partial charge in [-0.15, -0.1) is 12.4 Å². The van der Waals surface area contributed by atoms with Crippen LogP contribution in [-0.4, -0.2) is 19.7 Å². The highest BCUT2D eigenvalue weighted by molar-refractivity contribution is 5.85. The lowest BCUT2D eigenvalue weighted by Crippen LogP contribution is -2.39. The van der Waals surface area contributed by atoms with Gasteiger partial charge < -0.3 is 10.1 Å². The molecular formula is C19H28ClNO. The van der Waals surface area contributed by atoms with Crippen LogP contribution in [0.2, 0.25) is 0 Å². The normalized spacial score (nSPS) is 27.0. The molecule has 2 saturated carbocycles. The van der Waals surface area contributed by atoms with Gasteiger partial charge in [0.15, 0.2) is 0 Å². The predicted molar refractivity (Wildman–Crippen MR) is 93.2 cm³/mol. The molecule has 122 valence electrons. The Kier molecular flexibility index (Phi) is 4.99. The SMILES string of the molecule is COc1cccc2c1[C@@H](CC1CC1)[C@@H](NCC1CC1)CC2.Cl. The Balaban J connectivity index is 0.00000144. The van der Waals surface area contributed by atoms with Crippen LogP contribution >= 0.6 is 12.4 Å². The molecule has 0 radical (unpaired) electrons. The minimum Gasteiger partial charge on any atom is -0.496 e. The summed E-state index contributed by atoms with van der Waals surface area (Å²) in [6.07, 6.45) is 9.61. The Morgan fingerprint density at radius 3 is 2.55 bits per heavy atom. The molecule has 0 aliphatic heterocycles. The second kappa shape index (κ2) is 6.80. The van der Waals surface area contributed by atoms with Crippen molar-refractivity contribution >= 4 is 12.4 Å². The summed E-state index contributed by atoms with van der Waals surface area (Å²) in [7, 11) is 1.82. The molecule has 2 nitrogen and oxygen atoms in total. The van der Waals surface area contributed by atoms with Crippen LogP contribution in [0.3, 0.4) is 0 Å². The molecule has 0 amide bonds. The van der Waals surface area contributed by atoms with Crippen molar-refractivity contribution in [1.29, 1.82) is 0 Å². The van der Waals surface area contributed by atoms with Gasteiger partial charge in [0.2, 0.25) is 0 Å². The fourth-order valence-corrected chi connectivity index (χ4v) is 4.00. The average Bonchev–Trinajstić information content (AvgIpc) is 3.40. The minimum absolute atomic E-state index is 0. The number of rotatable bonds is 6. The van der Waals surface area contributed by atoms with E-state index in [0.29, 0.717) is 12.0 Å². The molecule has 1 aromatic rings. The first-order valence-corrected chi connectivity index (χ1v) is 8.74. The second-order valence-electron chi connectivity index (χ2n) is 7.32. The number of nitrogens with one attached hydrogen (secondary N) is 1. The smallest absolute Gasteiger partial charge is 0.122 e. The summed E-state index contributed by atoms with van der Waals surface area (Å²) in [6, 6.07) is 7.29. The summed E-state index contributed by atoms with van der Waals surface area (Å²) >= 11 is 0. The molecule has 3 heteroatoms. The molecule has 0 unspecified atom stereocenters. The average molecular weight is 322 g/mol. The maximum Gasteiger partial charge on any atom is 0.122 e. The van der Waals surface area contributed by atoms with Gasteiger partial charge in [0, 0.05) is 17.5 Å². The van der Waals surface area contributed by atoms with Crippen molar-refractivity contribution in [2.24, 2.45) is 11.8 Å². The zero-order valence-electron chi connectivity index (χ0n) is 13.5. The summed E-state index contributed by atoms with van der Waals surface area (Å²) in [4.78, 5) is 0. The molecule has 22 heavy (non-hydrogen) atoms. The van der Waals surface area contributed by atoms with Crippen LogP contribution in [0, 0.1) is 11.8 Å². The summed E-state index contributed by atoms with van der Waals surface area (Å²) in [5, 5.41) is 3.90. The zero-order chi connectivity index (χ0) is 14.2. The standard InChI is InChI=1S/C19H27NO.ClH/c1-21-18-4-2-3-15-9-10-17(20-12-14-7-8-14)16(19(15)18)11-13-5-6-13;/h2-4,13-14,16-17,20H,5-12H2,1H3;1H/t16-,17-;/m0./s1. The first-order valence-electron chi connectivity index (χ1n) is 8.74. The summed E-state index contributed by atoms with van der Waals surface area (Å²) in [5.74, 6) is 3.72. The highest BCUT2D eigenvalue weighted by Crippen LogP contribution is 2.46. The number of hydrogen-bond acceptors (Lipinski definition) is 2. The van der Waals surface area contributed by atoms with Crippen molar-refractivity contribution in [3.63, 3.8) is 0 Å². The Hall–Kier alpha value is -0.730. The van der Waals surface area contributed by atoms with E-state index in [0.717, 1.165) is 17.6 Å². The highest BCUT2D eigenvalue weighted by Gasteiger charge is 2.36. The van der Waals surface area contributed by atoms with Crippen molar-refractivity contribution in [1.82, 2.24) is 5.32 Å². The van der Waals surface area contributed by atoms with Gasteiger partial charge in [-0.3, -0.25) is 0 Å². The quantitative estimate of drug-likeness (QED) is 0.842. The molecule has 3 aliphatic carbocycles. The highest BCUT2D eigenvalue weighted by atomic mass is 35.5. The van der Waals surface area contributed by atoms with Crippen LogP contribution < -0.4 is 10.1 Å². The van der Waals surface area contributed by atoms with E-state index < -0.39 is 0 Å². The molecule has 2 atom stereocenters. The van der Waals surface area contributed by atoms with Crippen LogP contribution in [-0.2, 0) is 6.42 Å². The topological polar surface area (TPSA) is 21.3 Å². The van der Waals surface area contributed by atoms with Crippen LogP contribution in [0.25, 0.3) is 0 Å². The van der Waals surface area contributed by atoms with E-state index in [4.69, 9.17) is 4.74 Å². The number of ether oxygens (including phenoxy) is 1. The molecule has 1 aromatic carbocycles. The zero-order valence-corrected chi connectivity index (χ0v) is 14.3. The maximum absolute atomic E-state index is 5.70. The van der Waals surface area contributed by atoms with Crippen molar-refractivity contribution in [3.8, 4) is 5.75 Å². The lowest BCUT2D eigenvalue weighted by atomic mass is 9.76. The second-order valence-corrected chi connectivity index (χ2v) is 7.32. The van der Waals surface area contributed by atoms with Gasteiger partial charge in [-0.25, -0.2) is 0 Å². The lowest BCUT2D eigenvalue weighted by Gasteiger charge is -2.35. The van der Waals surface area contributed by atoms with E-state index in [1.165, 1.54) is 62.6 Å². The first-order chi connectivity index (χ1) is 10.3. The molecule has 0 bridgehead atoms. The summed E-state index contributed by atoms with van der Waals surface area (Å²) < 4.78 is 5.70. The van der Waals surface area contributed by atoms with E-state index in [1.807, 2.05) is 7.11 Å². The molecular weight excluding hydrogens is 294 g/mol. The Bertz CT molecular complexity index is 496. The van der Waals surface area contributed by atoms with Crippen molar-refractivity contribution in [3.05, 3.63) is 29.3 Å². The number of halogens is 1. The molecule has 0 aromatic heterocycles. The molecule has 0 heterocycles. The molecule has 2 fully saturated rings. The molecule has 3 aliphatic rings. The maximum atomic E-state index is 5.70. The van der Waals surface area contributed by atoms with Gasteiger partial charge in [0.05, 0.1) is 7.11 Å². The van der Waals surface area contributed by atoms with Gasteiger partial charge in [0.25, 0.3) is 0 Å². The van der Waals surface area contributed by atoms with E-state index in [-0.39, 0.29) is 12.4 Å². The van der Waals surface area contributed by atoms with E-state index >= 15 is 0 Å². The third kappa shape index (κ3) is 3.44. The first kappa shape index (κ1) is 16.1. The third-order valence-electron chi connectivity index (χ3n) is 5.61. The van der Waals surface area contributed by atoms with E-state index in [1.54, 1.807) is 0 Å². The van der Waals surface area contributed by atoms with Gasteiger partial charge in [0.1, 0.15) is 5.75 Å². The molecule has 1 N–H and O–H groups in total. The van der Waals surface area contributed by atoms with Gasteiger partial charge >= 0.3 is 0 Å². The number of hydrogen-bond donors (Lipinski definition) is 1. The monoisotopic (exact) mass is 321 g/mol. The Morgan fingerprint density at radius 2 is 1.86 bits per heavy atom. The van der Waals surface area contributed by atoms with Crippen molar-refractivity contribution in [2.45, 2.75) is 56.9 Å². The van der Waals surface area contributed by atoms with Crippen LogP contribution in [0.15, 0.2) is 18.2 Å². The van der Waals surface area contributed by atoms with E-state index in [9.17, 15) is 0 Å². The van der Waals surface area contributed by atoms with Crippen LogP contribution in [0.4, 0.5) is 0 Å². The number of aryl methyl sites for hydroxylation is 1. The van der Waals surface area contributed by atoms with Gasteiger partial charge in [-0.05, 0) is 62.1 Å². The van der Waals surface area contributed by atoms with Crippen molar-refractivity contribution in [2.75, 3.05) is 13.7 Å². The Labute approximate surface area is 140 Å². The van der Waals surface area contributed by atoms with E-state index in [2.05, 4.69) is 23.5 Å². The van der Waals surface area contributed by atoms with Crippen molar-refractivity contribution < 1.29 is 4.74 Å². The summed E-state index contributed by atoms with van der Waals surface area (Å²) in [6.45, 7) is 1.23. The molecule has 4 rings (SSSR count). The Morgan fingerprint density at radius 1 is 1.09 bits per heavy atom. The van der Waals surface area contributed by atoms with Gasteiger partial charge in [-0.1, -0.05) is 25.0 Å². The molecule has 0 spiro atoms. The number of benzene rings is 1. The summed E-state index contributed by atoms with van der Waals surface area (Å²) in [5.41, 5.74) is 3.05. The minimum atomic E-state index is 0. The molecule has 0 saturated heterocycles. The lowest BCUT2D eigenvalue weighted by molar-refractivity contribution is 0.337. The fourth-order valence-electron chi connectivity index (χ4n) is 4.00.